The number of aliphatic carboxylic acids is 1. The molecule has 4 aromatic rings. The Labute approximate surface area is 225 Å². The van der Waals surface area contributed by atoms with E-state index in [1.807, 2.05) is 36.4 Å². The van der Waals surface area contributed by atoms with Crippen LogP contribution in [0.25, 0.3) is 28.0 Å². The number of ether oxygens (including phenoxy) is 2. The van der Waals surface area contributed by atoms with Crippen LogP contribution < -0.4 is 9.47 Å². The van der Waals surface area contributed by atoms with Crippen molar-refractivity contribution in [3.05, 3.63) is 96.1 Å². The maximum Gasteiger partial charge on any atom is 0.328 e. The first-order valence-corrected chi connectivity index (χ1v) is 13.5. The third-order valence-corrected chi connectivity index (χ3v) is 6.76. The third-order valence-electron chi connectivity index (χ3n) is 6.76. The van der Waals surface area contributed by atoms with Crippen LogP contribution in [0.1, 0.15) is 56.6 Å². The highest BCUT2D eigenvalue weighted by Crippen LogP contribution is 2.43. The molecule has 0 spiro atoms. The van der Waals surface area contributed by atoms with Gasteiger partial charge in [-0.1, -0.05) is 87.6 Å². The van der Waals surface area contributed by atoms with E-state index >= 15 is 0 Å². The van der Waals surface area contributed by atoms with Gasteiger partial charge >= 0.3 is 5.97 Å². The molecule has 4 aromatic carbocycles. The Morgan fingerprint density at radius 3 is 2.26 bits per heavy atom. The highest BCUT2D eigenvalue weighted by Gasteiger charge is 2.18. The van der Waals surface area contributed by atoms with Gasteiger partial charge in [-0.05, 0) is 71.3 Å². The van der Waals surface area contributed by atoms with E-state index < -0.39 is 5.97 Å². The van der Waals surface area contributed by atoms with Crippen molar-refractivity contribution in [1.29, 1.82) is 0 Å². The molecule has 4 heteroatoms. The van der Waals surface area contributed by atoms with Crippen molar-refractivity contribution in [1.82, 2.24) is 0 Å². The van der Waals surface area contributed by atoms with Gasteiger partial charge < -0.3 is 14.6 Å². The largest absolute Gasteiger partial charge is 0.497 e. The van der Waals surface area contributed by atoms with Crippen molar-refractivity contribution in [2.75, 3.05) is 7.11 Å². The minimum atomic E-state index is -0.970. The van der Waals surface area contributed by atoms with E-state index in [0.717, 1.165) is 57.9 Å². The lowest BCUT2D eigenvalue weighted by molar-refractivity contribution is -0.131. The maximum absolute atomic E-state index is 10.9. The zero-order valence-corrected chi connectivity index (χ0v) is 22.3. The summed E-state index contributed by atoms with van der Waals surface area (Å²) >= 11 is 0. The quantitative estimate of drug-likeness (QED) is 0.144. The molecule has 0 aliphatic rings. The summed E-state index contributed by atoms with van der Waals surface area (Å²) in [6, 6.07) is 26.3. The lowest BCUT2D eigenvalue weighted by atomic mass is 9.91. The number of rotatable bonds is 13. The van der Waals surface area contributed by atoms with Gasteiger partial charge in [0, 0.05) is 17.0 Å². The molecule has 0 radical (unpaired) electrons. The summed E-state index contributed by atoms with van der Waals surface area (Å²) in [5.41, 5.74) is 4.31. The third kappa shape index (κ3) is 7.04. The standard InChI is InChI=1S/C34H36O4/c1-3-4-5-6-7-9-14-27-23-28-24-30(37-2)20-21-31(28)34(33(27)26-12-10-8-11-13-26)38-29-18-15-25(16-19-29)17-22-32(35)36/h8,10-13,15-24H,3-7,9,14H2,1-2H3,(H,35,36). The summed E-state index contributed by atoms with van der Waals surface area (Å²) in [5.74, 6) is 1.37. The van der Waals surface area contributed by atoms with Gasteiger partial charge in [-0.25, -0.2) is 4.79 Å². The molecular formula is C34H36O4. The van der Waals surface area contributed by atoms with Crippen LogP contribution in [-0.4, -0.2) is 18.2 Å². The molecule has 0 aliphatic carbocycles. The van der Waals surface area contributed by atoms with Crippen molar-refractivity contribution in [3.63, 3.8) is 0 Å². The monoisotopic (exact) mass is 508 g/mol. The van der Waals surface area contributed by atoms with Gasteiger partial charge in [0.1, 0.15) is 17.2 Å². The van der Waals surface area contributed by atoms with Crippen LogP contribution in [0.5, 0.6) is 17.2 Å². The van der Waals surface area contributed by atoms with Crippen LogP contribution >= 0.6 is 0 Å². The number of carboxylic acid groups (broad SMARTS) is 1. The molecule has 4 rings (SSSR count). The van der Waals surface area contributed by atoms with Gasteiger partial charge in [0.25, 0.3) is 0 Å². The molecule has 0 heterocycles. The highest BCUT2D eigenvalue weighted by atomic mass is 16.5. The Morgan fingerprint density at radius 2 is 1.55 bits per heavy atom. The number of carboxylic acids is 1. The van der Waals surface area contributed by atoms with Crippen molar-refractivity contribution in [2.24, 2.45) is 0 Å². The zero-order valence-electron chi connectivity index (χ0n) is 22.3. The molecule has 0 atom stereocenters. The van der Waals surface area contributed by atoms with Gasteiger partial charge in [0.2, 0.25) is 0 Å². The second-order valence-corrected chi connectivity index (χ2v) is 9.55. The Bertz CT molecular complexity index is 1370. The number of methoxy groups -OCH3 is 1. The summed E-state index contributed by atoms with van der Waals surface area (Å²) in [4.78, 5) is 10.9. The Kier molecular flexibility index (Phi) is 9.58. The molecule has 1 N–H and O–H groups in total. The molecule has 0 fully saturated rings. The summed E-state index contributed by atoms with van der Waals surface area (Å²) in [6.45, 7) is 2.25. The van der Waals surface area contributed by atoms with Gasteiger partial charge in [0.15, 0.2) is 0 Å². The SMILES string of the molecule is CCCCCCCCc1cc2cc(OC)ccc2c(Oc2ccc(C=CC(=O)O)cc2)c1-c1ccccc1. The lowest BCUT2D eigenvalue weighted by Gasteiger charge is -2.20. The molecule has 0 amide bonds. The van der Waals surface area contributed by atoms with Crippen molar-refractivity contribution < 1.29 is 19.4 Å². The molecule has 0 aliphatic heterocycles. The first-order valence-electron chi connectivity index (χ1n) is 13.5. The van der Waals surface area contributed by atoms with Crippen LogP contribution in [0, 0.1) is 0 Å². The van der Waals surface area contributed by atoms with E-state index in [-0.39, 0.29) is 0 Å². The van der Waals surface area contributed by atoms with Crippen LogP contribution in [0.15, 0.2) is 84.9 Å². The van der Waals surface area contributed by atoms with Crippen molar-refractivity contribution in [3.8, 4) is 28.4 Å². The number of aryl methyl sites for hydroxylation is 1. The minimum Gasteiger partial charge on any atom is -0.497 e. The number of hydrogen-bond donors (Lipinski definition) is 1. The van der Waals surface area contributed by atoms with Crippen LogP contribution in [0.2, 0.25) is 0 Å². The fourth-order valence-corrected chi connectivity index (χ4v) is 4.79. The van der Waals surface area contributed by atoms with E-state index in [4.69, 9.17) is 14.6 Å². The molecule has 0 saturated heterocycles. The zero-order chi connectivity index (χ0) is 26.7. The highest BCUT2D eigenvalue weighted by molar-refractivity contribution is 5.98. The van der Waals surface area contributed by atoms with Gasteiger partial charge in [-0.3, -0.25) is 0 Å². The van der Waals surface area contributed by atoms with Crippen molar-refractivity contribution in [2.45, 2.75) is 51.9 Å². The summed E-state index contributed by atoms with van der Waals surface area (Å²) in [6.07, 6.45) is 11.1. The topological polar surface area (TPSA) is 55.8 Å². The van der Waals surface area contributed by atoms with E-state index in [1.165, 1.54) is 37.7 Å². The van der Waals surface area contributed by atoms with E-state index in [1.54, 1.807) is 13.2 Å². The minimum absolute atomic E-state index is 0.698. The number of fused-ring (bicyclic) bond motifs is 1. The Balaban J connectivity index is 1.77. The van der Waals surface area contributed by atoms with Crippen LogP contribution in [0.3, 0.4) is 0 Å². The molecule has 4 nitrogen and oxygen atoms in total. The van der Waals surface area contributed by atoms with E-state index in [2.05, 4.69) is 49.4 Å². The Morgan fingerprint density at radius 1 is 0.842 bits per heavy atom. The molecule has 196 valence electrons. The van der Waals surface area contributed by atoms with E-state index in [0.29, 0.717) is 5.75 Å². The van der Waals surface area contributed by atoms with E-state index in [9.17, 15) is 4.79 Å². The molecular weight excluding hydrogens is 472 g/mol. The molecule has 0 unspecified atom stereocenters. The number of benzene rings is 4. The fourth-order valence-electron chi connectivity index (χ4n) is 4.79. The second kappa shape index (κ2) is 13.5. The average Bonchev–Trinajstić information content (AvgIpc) is 2.94. The summed E-state index contributed by atoms with van der Waals surface area (Å²) < 4.78 is 12.2. The van der Waals surface area contributed by atoms with Gasteiger partial charge in [0.05, 0.1) is 7.11 Å². The maximum atomic E-state index is 10.9. The second-order valence-electron chi connectivity index (χ2n) is 9.55. The van der Waals surface area contributed by atoms with Crippen LogP contribution in [0.4, 0.5) is 0 Å². The number of unbranched alkanes of at least 4 members (excludes halogenated alkanes) is 5. The summed E-state index contributed by atoms with van der Waals surface area (Å²) in [7, 11) is 1.69. The first-order chi connectivity index (χ1) is 18.6. The smallest absolute Gasteiger partial charge is 0.328 e. The van der Waals surface area contributed by atoms with Crippen molar-refractivity contribution >= 4 is 22.8 Å². The molecule has 0 bridgehead atoms. The van der Waals surface area contributed by atoms with Gasteiger partial charge in [-0.15, -0.1) is 0 Å². The molecule has 0 aromatic heterocycles. The number of hydrogen-bond acceptors (Lipinski definition) is 3. The predicted octanol–water partition coefficient (Wildman–Crippen LogP) is 9.31. The lowest BCUT2D eigenvalue weighted by Crippen LogP contribution is -1.98. The normalized spacial score (nSPS) is 11.2. The summed E-state index contributed by atoms with van der Waals surface area (Å²) in [5, 5.41) is 11.0. The number of carbonyl (C=O) groups is 1. The Hall–Kier alpha value is -4.05. The molecule has 38 heavy (non-hydrogen) atoms. The predicted molar refractivity (Wildman–Crippen MR) is 156 cm³/mol. The first kappa shape index (κ1) is 27.0. The fraction of sp³-hybridized carbons (Fsp3) is 0.265. The average molecular weight is 509 g/mol. The molecule has 0 saturated carbocycles. The van der Waals surface area contributed by atoms with Crippen LogP contribution in [-0.2, 0) is 11.2 Å². The van der Waals surface area contributed by atoms with Gasteiger partial charge in [-0.2, -0.15) is 0 Å².